The first-order valence-electron chi connectivity index (χ1n) is 8.14. The highest BCUT2D eigenvalue weighted by Gasteiger charge is 2.31. The molecule has 0 saturated carbocycles. The predicted molar refractivity (Wildman–Crippen MR) is 90.3 cm³/mol. The molecule has 2 aliphatic heterocycles. The van der Waals surface area contributed by atoms with Crippen LogP contribution >= 0.6 is 11.6 Å². The molecule has 1 amide bonds. The zero-order chi connectivity index (χ0) is 17.2. The second-order valence-electron chi connectivity index (χ2n) is 6.14. The van der Waals surface area contributed by atoms with Crippen LogP contribution in [-0.2, 0) is 19.6 Å². The first-order chi connectivity index (χ1) is 11.5. The van der Waals surface area contributed by atoms with Crippen molar-refractivity contribution in [2.24, 2.45) is 0 Å². The summed E-state index contributed by atoms with van der Waals surface area (Å²) in [4.78, 5) is 12.3. The third-order valence-electron chi connectivity index (χ3n) is 4.47. The molecule has 8 heteroatoms. The minimum Gasteiger partial charge on any atom is -0.368 e. The smallest absolute Gasteiger partial charge is 0.249 e. The second-order valence-corrected chi connectivity index (χ2v) is 8.52. The standard InChI is InChI=1S/C16H21ClN2O4S/c17-12-3-5-14(6-4-12)24(21,22)19-9-7-13(8-10-19)18-16(20)15-2-1-11-23-15/h3-6,13,15H,1-2,7-11H2,(H,18,20). The quantitative estimate of drug-likeness (QED) is 0.874. The van der Waals surface area contributed by atoms with E-state index < -0.39 is 10.0 Å². The summed E-state index contributed by atoms with van der Waals surface area (Å²) in [6, 6.07) is 6.18. The molecule has 2 aliphatic rings. The van der Waals surface area contributed by atoms with Gasteiger partial charge in [0.1, 0.15) is 6.10 Å². The minimum absolute atomic E-state index is 0.00151. The number of nitrogens with one attached hydrogen (secondary N) is 1. The Labute approximate surface area is 147 Å². The van der Waals surface area contributed by atoms with Crippen molar-refractivity contribution in [1.82, 2.24) is 9.62 Å². The Balaban J connectivity index is 1.56. The van der Waals surface area contributed by atoms with E-state index in [0.717, 1.165) is 12.8 Å². The zero-order valence-corrected chi connectivity index (χ0v) is 14.9. The molecule has 1 aromatic rings. The summed E-state index contributed by atoms with van der Waals surface area (Å²) in [5.41, 5.74) is 0. The van der Waals surface area contributed by atoms with E-state index in [1.54, 1.807) is 12.1 Å². The van der Waals surface area contributed by atoms with E-state index in [0.29, 0.717) is 37.6 Å². The van der Waals surface area contributed by atoms with Crippen molar-refractivity contribution >= 4 is 27.5 Å². The van der Waals surface area contributed by atoms with Gasteiger partial charge < -0.3 is 10.1 Å². The number of amides is 1. The van der Waals surface area contributed by atoms with Crippen LogP contribution in [-0.4, -0.2) is 50.5 Å². The molecule has 0 bridgehead atoms. The summed E-state index contributed by atoms with van der Waals surface area (Å²) in [5.74, 6) is -0.0773. The van der Waals surface area contributed by atoms with Crippen molar-refractivity contribution < 1.29 is 17.9 Å². The molecule has 3 rings (SSSR count). The average molecular weight is 373 g/mol. The number of hydrogen-bond acceptors (Lipinski definition) is 4. The molecule has 1 aromatic carbocycles. The van der Waals surface area contributed by atoms with Crippen molar-refractivity contribution in [3.8, 4) is 0 Å². The Bertz CT molecular complexity index is 679. The summed E-state index contributed by atoms with van der Waals surface area (Å²) in [7, 11) is -3.51. The first kappa shape index (κ1) is 17.7. The third-order valence-corrected chi connectivity index (χ3v) is 6.64. The lowest BCUT2D eigenvalue weighted by atomic mass is 10.1. The van der Waals surface area contributed by atoms with Crippen molar-refractivity contribution in [2.45, 2.75) is 42.7 Å². The lowest BCUT2D eigenvalue weighted by molar-refractivity contribution is -0.131. The van der Waals surface area contributed by atoms with Gasteiger partial charge in [-0.1, -0.05) is 11.6 Å². The Morgan fingerprint density at radius 3 is 2.42 bits per heavy atom. The fourth-order valence-electron chi connectivity index (χ4n) is 3.07. The Kier molecular flexibility index (Phi) is 5.44. The highest BCUT2D eigenvalue weighted by Crippen LogP contribution is 2.22. The van der Waals surface area contributed by atoms with E-state index in [1.807, 2.05) is 0 Å². The fraction of sp³-hybridized carbons (Fsp3) is 0.562. The number of ether oxygens (including phenoxy) is 1. The third kappa shape index (κ3) is 3.91. The van der Waals surface area contributed by atoms with Crippen LogP contribution < -0.4 is 5.32 Å². The number of sulfonamides is 1. The fourth-order valence-corrected chi connectivity index (χ4v) is 4.67. The van der Waals surface area contributed by atoms with Gasteiger partial charge in [-0.3, -0.25) is 4.79 Å². The molecule has 0 aliphatic carbocycles. The van der Waals surface area contributed by atoms with Gasteiger partial charge in [-0.05, 0) is 49.9 Å². The van der Waals surface area contributed by atoms with Crippen LogP contribution in [0.1, 0.15) is 25.7 Å². The average Bonchev–Trinajstić information content (AvgIpc) is 3.10. The van der Waals surface area contributed by atoms with Gasteiger partial charge in [0, 0.05) is 30.8 Å². The Morgan fingerprint density at radius 2 is 1.83 bits per heavy atom. The van der Waals surface area contributed by atoms with Gasteiger partial charge >= 0.3 is 0 Å². The maximum absolute atomic E-state index is 12.6. The van der Waals surface area contributed by atoms with E-state index in [1.165, 1.54) is 16.4 Å². The Hall–Kier alpha value is -1.15. The van der Waals surface area contributed by atoms with Crippen LogP contribution in [0.25, 0.3) is 0 Å². The van der Waals surface area contributed by atoms with Crippen LogP contribution in [0.3, 0.4) is 0 Å². The number of rotatable bonds is 4. The SMILES string of the molecule is O=C(NC1CCN(S(=O)(=O)c2ccc(Cl)cc2)CC1)C1CCCO1. The number of nitrogens with zero attached hydrogens (tertiary/aromatic N) is 1. The zero-order valence-electron chi connectivity index (χ0n) is 13.3. The summed E-state index contributed by atoms with van der Waals surface area (Å²) >= 11 is 5.81. The molecule has 1 N–H and O–H groups in total. The summed E-state index contributed by atoms with van der Waals surface area (Å²) in [5, 5.41) is 3.48. The van der Waals surface area contributed by atoms with Gasteiger partial charge in [0.05, 0.1) is 4.90 Å². The lowest BCUT2D eigenvalue weighted by Crippen LogP contribution is -2.48. The molecule has 2 heterocycles. The van der Waals surface area contributed by atoms with E-state index in [2.05, 4.69) is 5.32 Å². The Morgan fingerprint density at radius 1 is 1.17 bits per heavy atom. The van der Waals surface area contributed by atoms with Crippen LogP contribution in [0, 0.1) is 0 Å². The molecule has 132 valence electrons. The number of carbonyl (C=O) groups is 1. The molecular weight excluding hydrogens is 352 g/mol. The number of hydrogen-bond donors (Lipinski definition) is 1. The highest BCUT2D eigenvalue weighted by atomic mass is 35.5. The summed E-state index contributed by atoms with van der Waals surface area (Å²) < 4.78 is 32.1. The van der Waals surface area contributed by atoms with Gasteiger partial charge in [0.2, 0.25) is 15.9 Å². The van der Waals surface area contributed by atoms with Crippen molar-refractivity contribution in [1.29, 1.82) is 0 Å². The molecule has 0 spiro atoms. The summed E-state index contributed by atoms with van der Waals surface area (Å²) in [6.07, 6.45) is 2.53. The summed E-state index contributed by atoms with van der Waals surface area (Å²) in [6.45, 7) is 1.42. The maximum Gasteiger partial charge on any atom is 0.249 e. The molecule has 2 fully saturated rings. The number of carbonyl (C=O) groups excluding carboxylic acids is 1. The first-order valence-corrected chi connectivity index (χ1v) is 9.96. The van der Waals surface area contributed by atoms with E-state index >= 15 is 0 Å². The van der Waals surface area contributed by atoms with Crippen LogP contribution in [0.5, 0.6) is 0 Å². The van der Waals surface area contributed by atoms with Crippen molar-refractivity contribution in [2.75, 3.05) is 19.7 Å². The van der Waals surface area contributed by atoms with Gasteiger partial charge in [-0.15, -0.1) is 0 Å². The number of halogens is 1. The molecule has 0 aromatic heterocycles. The molecule has 1 atom stereocenters. The van der Waals surface area contributed by atoms with Gasteiger partial charge in [-0.25, -0.2) is 8.42 Å². The number of piperidine rings is 1. The second kappa shape index (κ2) is 7.39. The van der Waals surface area contributed by atoms with Crippen LogP contribution in [0.15, 0.2) is 29.2 Å². The predicted octanol–water partition coefficient (Wildman–Crippen LogP) is 1.79. The van der Waals surface area contributed by atoms with Crippen molar-refractivity contribution in [3.63, 3.8) is 0 Å². The van der Waals surface area contributed by atoms with Gasteiger partial charge in [0.25, 0.3) is 0 Å². The monoisotopic (exact) mass is 372 g/mol. The normalized spacial score (nSPS) is 23.3. The molecule has 2 saturated heterocycles. The van der Waals surface area contributed by atoms with Gasteiger partial charge in [-0.2, -0.15) is 4.31 Å². The van der Waals surface area contributed by atoms with E-state index in [4.69, 9.17) is 16.3 Å². The topological polar surface area (TPSA) is 75.7 Å². The largest absolute Gasteiger partial charge is 0.368 e. The van der Waals surface area contributed by atoms with E-state index in [9.17, 15) is 13.2 Å². The minimum atomic E-state index is -3.51. The lowest BCUT2D eigenvalue weighted by Gasteiger charge is -2.32. The molecular formula is C16H21ClN2O4S. The van der Waals surface area contributed by atoms with Crippen molar-refractivity contribution in [3.05, 3.63) is 29.3 Å². The molecule has 0 radical (unpaired) electrons. The van der Waals surface area contributed by atoms with Crippen LogP contribution in [0.4, 0.5) is 0 Å². The highest BCUT2D eigenvalue weighted by molar-refractivity contribution is 7.89. The number of benzene rings is 1. The molecule has 6 nitrogen and oxygen atoms in total. The van der Waals surface area contributed by atoms with Gasteiger partial charge in [0.15, 0.2) is 0 Å². The maximum atomic E-state index is 12.6. The van der Waals surface area contributed by atoms with E-state index in [-0.39, 0.29) is 22.9 Å². The molecule has 24 heavy (non-hydrogen) atoms. The molecule has 1 unspecified atom stereocenters. The van der Waals surface area contributed by atoms with Crippen LogP contribution in [0.2, 0.25) is 5.02 Å².